The lowest BCUT2D eigenvalue weighted by molar-refractivity contribution is -0.136. The van der Waals surface area contributed by atoms with Gasteiger partial charge in [-0.2, -0.15) is 0 Å². The Kier molecular flexibility index (Phi) is 5.04. The number of benzene rings is 1. The van der Waals surface area contributed by atoms with E-state index in [0.717, 1.165) is 5.56 Å². The van der Waals surface area contributed by atoms with E-state index in [0.29, 0.717) is 26.2 Å². The monoisotopic (exact) mass is 348 g/mol. The van der Waals surface area contributed by atoms with Gasteiger partial charge >= 0.3 is 0 Å². The van der Waals surface area contributed by atoms with Crippen LogP contribution >= 0.6 is 0 Å². The van der Waals surface area contributed by atoms with Gasteiger partial charge in [-0.15, -0.1) is 0 Å². The summed E-state index contributed by atoms with van der Waals surface area (Å²) in [6.45, 7) is 5.94. The van der Waals surface area contributed by atoms with Crippen LogP contribution in [-0.4, -0.2) is 56.0 Å². The van der Waals surface area contributed by atoms with Crippen molar-refractivity contribution in [1.29, 1.82) is 0 Å². The van der Waals surface area contributed by atoms with Gasteiger partial charge in [0.1, 0.15) is 0 Å². The van der Waals surface area contributed by atoms with Crippen LogP contribution in [0.1, 0.15) is 25.8 Å². The summed E-state index contributed by atoms with van der Waals surface area (Å²) in [6, 6.07) is 9.84. The van der Waals surface area contributed by atoms with Crippen LogP contribution < -0.4 is 0 Å². The summed E-state index contributed by atoms with van der Waals surface area (Å²) < 4.78 is 12.0. The molecular weight excluding hydrogens is 324 g/mol. The molecule has 0 N–H and O–H groups in total. The van der Waals surface area contributed by atoms with Gasteiger partial charge in [0, 0.05) is 53.9 Å². The van der Waals surface area contributed by atoms with Gasteiger partial charge in [0.05, 0.1) is 5.92 Å². The Hall–Kier alpha value is -1.69. The molecule has 2 heterocycles. The Morgan fingerprint density at radius 1 is 1.12 bits per heavy atom. The molecule has 2 saturated heterocycles. The fourth-order valence-corrected chi connectivity index (χ4v) is 5.02. The van der Waals surface area contributed by atoms with Crippen molar-refractivity contribution in [2.75, 3.05) is 19.6 Å². The molecule has 1 aromatic carbocycles. The number of nitrogens with zero attached hydrogens (tertiary/aromatic N) is 2. The van der Waals surface area contributed by atoms with Gasteiger partial charge < -0.3 is 9.80 Å². The number of hydrogen-bond donors (Lipinski definition) is 0. The summed E-state index contributed by atoms with van der Waals surface area (Å²) in [5.41, 5.74) is 1.08. The Morgan fingerprint density at radius 2 is 1.75 bits per heavy atom. The first-order chi connectivity index (χ1) is 11.5. The minimum atomic E-state index is -0.880. The second kappa shape index (κ2) is 7.05. The van der Waals surface area contributed by atoms with Gasteiger partial charge in [-0.05, 0) is 19.4 Å². The average molecular weight is 348 g/mol. The van der Waals surface area contributed by atoms with Gasteiger partial charge in [0.25, 0.3) is 0 Å². The van der Waals surface area contributed by atoms with Gasteiger partial charge in [0.2, 0.25) is 11.8 Å². The van der Waals surface area contributed by atoms with Crippen molar-refractivity contribution >= 4 is 22.6 Å². The van der Waals surface area contributed by atoms with E-state index < -0.39 is 10.8 Å². The van der Waals surface area contributed by atoms with Gasteiger partial charge in [0.15, 0.2) is 0 Å². The number of hydrogen-bond acceptors (Lipinski definition) is 3. The zero-order valence-corrected chi connectivity index (χ0v) is 15.0. The van der Waals surface area contributed by atoms with Crippen molar-refractivity contribution in [1.82, 2.24) is 9.80 Å². The van der Waals surface area contributed by atoms with Crippen molar-refractivity contribution in [3.05, 3.63) is 35.9 Å². The van der Waals surface area contributed by atoms with E-state index in [2.05, 4.69) is 0 Å². The van der Waals surface area contributed by atoms with Crippen LogP contribution in [0.25, 0.3) is 0 Å². The molecule has 0 bridgehead atoms. The Balaban J connectivity index is 1.63. The van der Waals surface area contributed by atoms with Crippen molar-refractivity contribution < 1.29 is 13.8 Å². The molecule has 130 valence electrons. The topological polar surface area (TPSA) is 57.7 Å². The summed E-state index contributed by atoms with van der Waals surface area (Å²) in [7, 11) is -0.880. The fourth-order valence-electron chi connectivity index (χ4n) is 3.57. The molecule has 0 aliphatic carbocycles. The molecule has 6 heteroatoms. The largest absolute Gasteiger partial charge is 0.340 e. The number of amides is 2. The predicted octanol–water partition coefficient (Wildman–Crippen LogP) is 1.40. The second-order valence-electron chi connectivity index (χ2n) is 6.85. The first-order valence-electron chi connectivity index (χ1n) is 8.45. The molecule has 5 nitrogen and oxygen atoms in total. The SMILES string of the molecule is CC1CN(C(=O)C2CC(=O)N(Cc3ccccc3)C2)CC(C)S1=O. The third kappa shape index (κ3) is 3.53. The van der Waals surface area contributed by atoms with E-state index in [9.17, 15) is 13.8 Å². The highest BCUT2D eigenvalue weighted by molar-refractivity contribution is 7.86. The van der Waals surface area contributed by atoms with Crippen LogP contribution in [0.15, 0.2) is 30.3 Å². The standard InChI is InChI=1S/C18H24N2O3S/c1-13-9-20(10-14(2)24(13)23)18(22)16-8-17(21)19(12-16)11-15-6-4-3-5-7-15/h3-7,13-14,16H,8-12H2,1-2H3. The molecule has 0 radical (unpaired) electrons. The van der Waals surface area contributed by atoms with E-state index in [4.69, 9.17) is 0 Å². The van der Waals surface area contributed by atoms with Crippen LogP contribution in [0.3, 0.4) is 0 Å². The maximum Gasteiger partial charge on any atom is 0.228 e. The third-order valence-electron chi connectivity index (χ3n) is 4.84. The fraction of sp³-hybridized carbons (Fsp3) is 0.556. The summed E-state index contributed by atoms with van der Waals surface area (Å²) in [5.74, 6) is -0.194. The van der Waals surface area contributed by atoms with Crippen LogP contribution in [0.2, 0.25) is 0 Å². The maximum absolute atomic E-state index is 12.8. The second-order valence-corrected chi connectivity index (χ2v) is 9.12. The lowest BCUT2D eigenvalue weighted by atomic mass is 10.1. The molecule has 24 heavy (non-hydrogen) atoms. The van der Waals surface area contributed by atoms with Gasteiger partial charge in [-0.25, -0.2) is 0 Å². The average Bonchev–Trinajstić information content (AvgIpc) is 2.93. The van der Waals surface area contributed by atoms with Crippen molar-refractivity contribution in [2.45, 2.75) is 37.3 Å². The van der Waals surface area contributed by atoms with Crippen LogP contribution in [-0.2, 0) is 26.9 Å². The third-order valence-corrected chi connectivity index (χ3v) is 6.72. The minimum Gasteiger partial charge on any atom is -0.340 e. The number of rotatable bonds is 3. The quantitative estimate of drug-likeness (QED) is 0.830. The molecule has 3 unspecified atom stereocenters. The van der Waals surface area contributed by atoms with E-state index >= 15 is 0 Å². The lowest BCUT2D eigenvalue weighted by Gasteiger charge is -2.35. The van der Waals surface area contributed by atoms with E-state index in [-0.39, 0.29) is 34.7 Å². The first-order valence-corrected chi connectivity index (χ1v) is 9.73. The normalized spacial score (nSPS) is 30.7. The summed E-state index contributed by atoms with van der Waals surface area (Å²) in [6.07, 6.45) is 0.286. The molecule has 2 aliphatic rings. The predicted molar refractivity (Wildman–Crippen MR) is 93.6 cm³/mol. The Bertz CT molecular complexity index is 635. The zero-order chi connectivity index (χ0) is 17.3. The summed E-state index contributed by atoms with van der Waals surface area (Å²) in [5, 5.41) is -0.00884. The molecule has 3 rings (SSSR count). The number of carbonyl (C=O) groups is 2. The zero-order valence-electron chi connectivity index (χ0n) is 14.2. The minimum absolute atomic E-state index is 0.00442. The molecule has 2 fully saturated rings. The molecule has 0 spiro atoms. The maximum atomic E-state index is 12.8. The van der Waals surface area contributed by atoms with Crippen molar-refractivity contribution in [3.8, 4) is 0 Å². The highest BCUT2D eigenvalue weighted by Crippen LogP contribution is 2.24. The summed E-state index contributed by atoms with van der Waals surface area (Å²) in [4.78, 5) is 28.6. The number of likely N-dealkylation sites (tertiary alicyclic amines) is 1. The molecule has 1 aromatic rings. The Labute approximate surface area is 145 Å². The van der Waals surface area contributed by atoms with E-state index in [1.165, 1.54) is 0 Å². The van der Waals surface area contributed by atoms with Gasteiger partial charge in [-0.1, -0.05) is 30.3 Å². The molecule has 2 amide bonds. The molecule has 0 saturated carbocycles. The molecular formula is C18H24N2O3S. The van der Waals surface area contributed by atoms with Crippen LogP contribution in [0.5, 0.6) is 0 Å². The van der Waals surface area contributed by atoms with Crippen LogP contribution in [0.4, 0.5) is 0 Å². The van der Waals surface area contributed by atoms with E-state index in [1.807, 2.05) is 44.2 Å². The molecule has 0 aromatic heterocycles. The summed E-state index contributed by atoms with van der Waals surface area (Å²) >= 11 is 0. The molecule has 3 atom stereocenters. The number of carbonyl (C=O) groups excluding carboxylic acids is 2. The van der Waals surface area contributed by atoms with E-state index in [1.54, 1.807) is 9.80 Å². The Morgan fingerprint density at radius 3 is 2.38 bits per heavy atom. The first kappa shape index (κ1) is 17.1. The lowest BCUT2D eigenvalue weighted by Crippen LogP contribution is -2.51. The van der Waals surface area contributed by atoms with Crippen molar-refractivity contribution in [2.24, 2.45) is 5.92 Å². The van der Waals surface area contributed by atoms with Crippen LogP contribution in [0, 0.1) is 5.92 Å². The smallest absolute Gasteiger partial charge is 0.228 e. The van der Waals surface area contributed by atoms with Gasteiger partial charge in [-0.3, -0.25) is 13.8 Å². The highest BCUT2D eigenvalue weighted by Gasteiger charge is 2.39. The molecule has 2 aliphatic heterocycles. The van der Waals surface area contributed by atoms with Crippen molar-refractivity contribution in [3.63, 3.8) is 0 Å². The highest BCUT2D eigenvalue weighted by atomic mass is 32.2.